The first-order chi connectivity index (χ1) is 6.66. The van der Waals surface area contributed by atoms with Crippen molar-refractivity contribution >= 4 is 5.91 Å². The van der Waals surface area contributed by atoms with E-state index in [1.54, 1.807) is 6.07 Å². The second-order valence-corrected chi connectivity index (χ2v) is 3.50. The minimum Gasteiger partial charge on any atom is -0.489 e. The van der Waals surface area contributed by atoms with Crippen molar-refractivity contribution in [3.8, 4) is 5.75 Å². The molecule has 4 heteroatoms. The minimum atomic E-state index is -0.492. The smallest absolute Gasteiger partial charge is 0.254 e. The number of carbonyl (C=O) groups is 1. The number of carbonyl (C=O) groups excluding carboxylic acids is 1. The summed E-state index contributed by atoms with van der Waals surface area (Å²) in [6.45, 7) is 1.85. The van der Waals surface area contributed by atoms with Crippen molar-refractivity contribution in [2.24, 2.45) is 5.73 Å². The molecule has 1 aliphatic rings. The maximum absolute atomic E-state index is 11.0. The Morgan fingerprint density at radius 3 is 2.93 bits per heavy atom. The summed E-state index contributed by atoms with van der Waals surface area (Å²) >= 11 is 0. The number of ether oxygens (including phenoxy) is 1. The van der Waals surface area contributed by atoms with Gasteiger partial charge in [0.05, 0.1) is 11.7 Å². The van der Waals surface area contributed by atoms with E-state index >= 15 is 0 Å². The van der Waals surface area contributed by atoms with E-state index < -0.39 is 5.91 Å². The Morgan fingerprint density at radius 1 is 1.64 bits per heavy atom. The summed E-state index contributed by atoms with van der Waals surface area (Å²) in [7, 11) is 0. The Balaban J connectivity index is 2.31. The molecule has 0 bridgehead atoms. The van der Waals surface area contributed by atoms with E-state index in [1.165, 1.54) is 6.20 Å². The molecule has 1 amide bonds. The lowest BCUT2D eigenvalue weighted by molar-refractivity contribution is 0.0995. The van der Waals surface area contributed by atoms with Gasteiger partial charge in [-0.2, -0.15) is 0 Å². The molecule has 0 aromatic carbocycles. The fraction of sp³-hybridized carbons (Fsp3) is 0.400. The molecule has 0 atom stereocenters. The number of pyridine rings is 1. The van der Waals surface area contributed by atoms with Crippen LogP contribution in [-0.4, -0.2) is 17.0 Å². The number of amides is 1. The predicted octanol–water partition coefficient (Wildman–Crippen LogP) is 1.03. The summed E-state index contributed by atoms with van der Waals surface area (Å²) in [5.41, 5.74) is 6.39. The van der Waals surface area contributed by atoms with Crippen LogP contribution in [0, 0.1) is 6.92 Å². The summed E-state index contributed by atoms with van der Waals surface area (Å²) in [5, 5.41) is 0. The Kier molecular flexibility index (Phi) is 2.11. The molecule has 1 heterocycles. The van der Waals surface area contributed by atoms with Crippen LogP contribution in [0.4, 0.5) is 0 Å². The van der Waals surface area contributed by atoms with Gasteiger partial charge in [0.25, 0.3) is 5.91 Å². The van der Waals surface area contributed by atoms with E-state index in [1.807, 2.05) is 6.92 Å². The molecule has 2 rings (SSSR count). The van der Waals surface area contributed by atoms with Gasteiger partial charge in [-0.15, -0.1) is 0 Å². The highest BCUT2D eigenvalue weighted by Crippen LogP contribution is 2.28. The standard InChI is InChI=1S/C10H12N2O2/c1-6-4-9(14-7-2-3-7)8(5-12-6)10(11)13/h4-5,7H,2-3H2,1H3,(H2,11,13). The normalized spacial score (nSPS) is 15.2. The fourth-order valence-electron chi connectivity index (χ4n) is 1.18. The maximum Gasteiger partial charge on any atom is 0.254 e. The molecule has 0 spiro atoms. The molecule has 74 valence electrons. The molecule has 0 aliphatic heterocycles. The average Bonchev–Trinajstić information content (AvgIpc) is 2.87. The molecule has 14 heavy (non-hydrogen) atoms. The molecule has 1 aliphatic carbocycles. The molecule has 0 radical (unpaired) electrons. The third kappa shape index (κ3) is 1.84. The molecule has 4 nitrogen and oxygen atoms in total. The maximum atomic E-state index is 11.0. The number of hydrogen-bond acceptors (Lipinski definition) is 3. The Bertz CT molecular complexity index is 372. The number of aromatic nitrogens is 1. The first kappa shape index (κ1) is 8.99. The quantitative estimate of drug-likeness (QED) is 0.777. The molecular weight excluding hydrogens is 180 g/mol. The topological polar surface area (TPSA) is 65.2 Å². The second kappa shape index (κ2) is 3.29. The van der Waals surface area contributed by atoms with Crippen molar-refractivity contribution < 1.29 is 9.53 Å². The van der Waals surface area contributed by atoms with E-state index in [0.29, 0.717) is 11.3 Å². The summed E-state index contributed by atoms with van der Waals surface area (Å²) < 4.78 is 5.56. The van der Waals surface area contributed by atoms with Crippen LogP contribution in [0.5, 0.6) is 5.75 Å². The van der Waals surface area contributed by atoms with Crippen molar-refractivity contribution in [1.82, 2.24) is 4.98 Å². The Morgan fingerprint density at radius 2 is 2.36 bits per heavy atom. The molecule has 0 unspecified atom stereocenters. The van der Waals surface area contributed by atoms with Gasteiger partial charge in [-0.3, -0.25) is 9.78 Å². The molecule has 1 fully saturated rings. The van der Waals surface area contributed by atoms with Crippen molar-refractivity contribution in [2.75, 3.05) is 0 Å². The van der Waals surface area contributed by atoms with Crippen LogP contribution < -0.4 is 10.5 Å². The van der Waals surface area contributed by atoms with Gasteiger partial charge in [0.1, 0.15) is 5.75 Å². The predicted molar refractivity (Wildman–Crippen MR) is 51.1 cm³/mol. The zero-order valence-corrected chi connectivity index (χ0v) is 7.99. The molecule has 1 aromatic rings. The lowest BCUT2D eigenvalue weighted by Gasteiger charge is -2.08. The number of primary amides is 1. The van der Waals surface area contributed by atoms with Crippen molar-refractivity contribution in [1.29, 1.82) is 0 Å². The van der Waals surface area contributed by atoms with Crippen LogP contribution >= 0.6 is 0 Å². The van der Waals surface area contributed by atoms with E-state index in [4.69, 9.17) is 10.5 Å². The van der Waals surface area contributed by atoms with E-state index in [2.05, 4.69) is 4.98 Å². The zero-order chi connectivity index (χ0) is 10.1. The first-order valence-corrected chi connectivity index (χ1v) is 4.60. The van der Waals surface area contributed by atoms with Gasteiger partial charge in [-0.05, 0) is 19.8 Å². The second-order valence-electron chi connectivity index (χ2n) is 3.50. The molecule has 2 N–H and O–H groups in total. The Hall–Kier alpha value is -1.58. The highest BCUT2D eigenvalue weighted by atomic mass is 16.5. The third-order valence-corrected chi connectivity index (χ3v) is 2.09. The van der Waals surface area contributed by atoms with Crippen molar-refractivity contribution in [2.45, 2.75) is 25.9 Å². The van der Waals surface area contributed by atoms with Crippen LogP contribution in [0.1, 0.15) is 28.9 Å². The monoisotopic (exact) mass is 192 g/mol. The number of rotatable bonds is 3. The van der Waals surface area contributed by atoms with Crippen molar-refractivity contribution in [3.05, 3.63) is 23.5 Å². The van der Waals surface area contributed by atoms with Gasteiger partial charge >= 0.3 is 0 Å². The van der Waals surface area contributed by atoms with E-state index in [9.17, 15) is 4.79 Å². The lowest BCUT2D eigenvalue weighted by Crippen LogP contribution is -2.14. The zero-order valence-electron chi connectivity index (χ0n) is 7.99. The first-order valence-electron chi connectivity index (χ1n) is 4.60. The molecule has 0 saturated heterocycles. The Labute approximate surface area is 82.1 Å². The van der Waals surface area contributed by atoms with Gasteiger partial charge in [0.2, 0.25) is 0 Å². The van der Waals surface area contributed by atoms with Gasteiger partial charge in [-0.25, -0.2) is 0 Å². The summed E-state index contributed by atoms with van der Waals surface area (Å²) in [6, 6.07) is 1.75. The summed E-state index contributed by atoms with van der Waals surface area (Å²) in [5.74, 6) is 0.0700. The highest BCUT2D eigenvalue weighted by molar-refractivity contribution is 5.95. The summed E-state index contributed by atoms with van der Waals surface area (Å²) in [4.78, 5) is 15.0. The number of nitrogens with two attached hydrogens (primary N) is 1. The largest absolute Gasteiger partial charge is 0.489 e. The van der Waals surface area contributed by atoms with Crippen LogP contribution in [0.3, 0.4) is 0 Å². The summed E-state index contributed by atoms with van der Waals surface area (Å²) in [6.07, 6.45) is 3.84. The van der Waals surface area contributed by atoms with Gasteiger partial charge in [0.15, 0.2) is 0 Å². The lowest BCUT2D eigenvalue weighted by atomic mass is 10.2. The SMILES string of the molecule is Cc1cc(OC2CC2)c(C(N)=O)cn1. The van der Waals surface area contributed by atoms with Gasteiger partial charge in [-0.1, -0.05) is 0 Å². The van der Waals surface area contributed by atoms with Crippen LogP contribution in [0.15, 0.2) is 12.3 Å². The number of aryl methyl sites for hydroxylation is 1. The fourth-order valence-corrected chi connectivity index (χ4v) is 1.18. The van der Waals surface area contributed by atoms with Crippen LogP contribution in [-0.2, 0) is 0 Å². The van der Waals surface area contributed by atoms with Crippen LogP contribution in [0.2, 0.25) is 0 Å². The minimum absolute atomic E-state index is 0.259. The number of nitrogens with zero attached hydrogens (tertiary/aromatic N) is 1. The van der Waals surface area contributed by atoms with Gasteiger partial charge in [0, 0.05) is 18.0 Å². The van der Waals surface area contributed by atoms with Crippen LogP contribution in [0.25, 0.3) is 0 Å². The van der Waals surface area contributed by atoms with E-state index in [0.717, 1.165) is 18.5 Å². The highest BCUT2D eigenvalue weighted by Gasteiger charge is 2.25. The molecular formula is C10H12N2O2. The average molecular weight is 192 g/mol. The number of hydrogen-bond donors (Lipinski definition) is 1. The van der Waals surface area contributed by atoms with Gasteiger partial charge < -0.3 is 10.5 Å². The third-order valence-electron chi connectivity index (χ3n) is 2.09. The van der Waals surface area contributed by atoms with Crippen molar-refractivity contribution in [3.63, 3.8) is 0 Å². The molecule has 1 aromatic heterocycles. The molecule has 1 saturated carbocycles. The van der Waals surface area contributed by atoms with E-state index in [-0.39, 0.29) is 6.10 Å².